The first-order valence-corrected chi connectivity index (χ1v) is 7.03. The molecule has 0 spiro atoms. The summed E-state index contributed by atoms with van der Waals surface area (Å²) in [4.78, 5) is 23.1. The Morgan fingerprint density at radius 3 is 2.50 bits per heavy atom. The third-order valence-corrected chi connectivity index (χ3v) is 3.80. The van der Waals surface area contributed by atoms with Crippen molar-refractivity contribution in [1.29, 1.82) is 0 Å². The van der Waals surface area contributed by atoms with Crippen molar-refractivity contribution in [2.75, 3.05) is 7.11 Å². The summed E-state index contributed by atoms with van der Waals surface area (Å²) < 4.78 is 18.4. The predicted molar refractivity (Wildman–Crippen MR) is 80.3 cm³/mol. The molecular weight excluding hydrogens is 289 g/mol. The molecule has 6 heteroatoms. The number of nitrogens with one attached hydrogen (secondary N) is 1. The van der Waals surface area contributed by atoms with E-state index in [9.17, 15) is 14.0 Å². The van der Waals surface area contributed by atoms with E-state index in [0.717, 1.165) is 0 Å². The van der Waals surface area contributed by atoms with Gasteiger partial charge in [0.1, 0.15) is 0 Å². The molecule has 1 amide bonds. The van der Waals surface area contributed by atoms with E-state index in [2.05, 4.69) is 5.32 Å². The quantitative estimate of drug-likeness (QED) is 0.810. The molecule has 0 radical (unpaired) electrons. The van der Waals surface area contributed by atoms with Gasteiger partial charge in [0.15, 0.2) is 11.6 Å². The van der Waals surface area contributed by atoms with Crippen molar-refractivity contribution in [3.63, 3.8) is 0 Å². The first-order valence-electron chi connectivity index (χ1n) is 7.03. The van der Waals surface area contributed by atoms with Crippen molar-refractivity contribution in [2.45, 2.75) is 39.2 Å². The number of amides is 1. The van der Waals surface area contributed by atoms with Gasteiger partial charge < -0.3 is 15.2 Å². The Bertz CT molecular complexity index is 559. The summed E-state index contributed by atoms with van der Waals surface area (Å²) in [6.45, 7) is 5.38. The third-order valence-electron chi connectivity index (χ3n) is 3.80. The molecule has 0 aliphatic rings. The van der Waals surface area contributed by atoms with Crippen molar-refractivity contribution in [3.8, 4) is 5.75 Å². The van der Waals surface area contributed by atoms with Crippen LogP contribution >= 0.6 is 0 Å². The Kier molecular flexibility index (Phi) is 5.91. The number of carboxylic acids is 1. The second-order valence-electron chi connectivity index (χ2n) is 5.84. The molecule has 22 heavy (non-hydrogen) atoms. The van der Waals surface area contributed by atoms with Crippen LogP contribution in [0.2, 0.25) is 0 Å². The maximum atomic E-state index is 13.6. The van der Waals surface area contributed by atoms with Gasteiger partial charge in [-0.05, 0) is 30.5 Å². The largest absolute Gasteiger partial charge is 0.494 e. The molecule has 0 fully saturated rings. The minimum Gasteiger partial charge on any atom is -0.494 e. The number of carbonyl (C=O) groups is 2. The molecule has 122 valence electrons. The van der Waals surface area contributed by atoms with E-state index in [1.807, 2.05) is 13.8 Å². The summed E-state index contributed by atoms with van der Waals surface area (Å²) in [6.07, 6.45) is -0.198. The maximum absolute atomic E-state index is 13.6. The van der Waals surface area contributed by atoms with Gasteiger partial charge in [-0.3, -0.25) is 9.59 Å². The molecule has 0 aliphatic carbocycles. The molecule has 0 aromatic heterocycles. The number of carbonyl (C=O) groups excluding carboxylic acids is 1. The highest BCUT2D eigenvalue weighted by Crippen LogP contribution is 2.22. The number of benzene rings is 1. The zero-order valence-corrected chi connectivity index (χ0v) is 13.3. The van der Waals surface area contributed by atoms with Crippen LogP contribution in [0.3, 0.4) is 0 Å². The van der Waals surface area contributed by atoms with E-state index in [1.165, 1.54) is 19.2 Å². The van der Waals surface area contributed by atoms with Crippen molar-refractivity contribution < 1.29 is 23.8 Å². The lowest BCUT2D eigenvalue weighted by atomic mass is 9.85. The lowest BCUT2D eigenvalue weighted by Crippen LogP contribution is -2.51. The van der Waals surface area contributed by atoms with Crippen LogP contribution < -0.4 is 10.1 Å². The third kappa shape index (κ3) is 4.72. The predicted octanol–water partition coefficient (Wildman–Crippen LogP) is 2.38. The molecule has 5 nitrogen and oxygen atoms in total. The van der Waals surface area contributed by atoms with Crippen LogP contribution in [0.25, 0.3) is 0 Å². The van der Waals surface area contributed by atoms with Crippen LogP contribution in [0, 0.1) is 11.7 Å². The van der Waals surface area contributed by atoms with Crippen LogP contribution in [0.1, 0.15) is 32.8 Å². The topological polar surface area (TPSA) is 75.6 Å². The van der Waals surface area contributed by atoms with Gasteiger partial charge in [0.2, 0.25) is 5.91 Å². The van der Waals surface area contributed by atoms with Crippen LogP contribution in [0.5, 0.6) is 5.75 Å². The van der Waals surface area contributed by atoms with E-state index in [0.29, 0.717) is 5.56 Å². The summed E-state index contributed by atoms with van der Waals surface area (Å²) in [6, 6.07) is 4.30. The van der Waals surface area contributed by atoms with E-state index in [4.69, 9.17) is 9.84 Å². The molecule has 1 rings (SSSR count). The second-order valence-corrected chi connectivity index (χ2v) is 5.84. The summed E-state index contributed by atoms with van der Waals surface area (Å²) in [5.74, 6) is -1.80. The van der Waals surface area contributed by atoms with Gasteiger partial charge in [-0.15, -0.1) is 0 Å². The molecule has 0 aliphatic heterocycles. The van der Waals surface area contributed by atoms with Crippen LogP contribution in [0.15, 0.2) is 18.2 Å². The number of methoxy groups -OCH3 is 1. The molecular formula is C16H22FNO4. The summed E-state index contributed by atoms with van der Waals surface area (Å²) in [5, 5.41) is 11.7. The minimum atomic E-state index is -0.980. The lowest BCUT2D eigenvalue weighted by molar-refractivity contribution is -0.139. The van der Waals surface area contributed by atoms with E-state index in [-0.39, 0.29) is 30.4 Å². The van der Waals surface area contributed by atoms with Crippen molar-refractivity contribution in [3.05, 3.63) is 29.6 Å². The first-order chi connectivity index (χ1) is 10.2. The average Bonchev–Trinajstić information content (AvgIpc) is 2.37. The molecule has 0 heterocycles. The summed E-state index contributed by atoms with van der Waals surface area (Å²) in [5.41, 5.74) is -0.356. The number of hydrogen-bond donors (Lipinski definition) is 2. The van der Waals surface area contributed by atoms with Crippen LogP contribution in [-0.2, 0) is 16.0 Å². The fraction of sp³-hybridized carbons (Fsp3) is 0.500. The lowest BCUT2D eigenvalue weighted by Gasteiger charge is -2.33. The number of aliphatic carboxylic acids is 1. The summed E-state index contributed by atoms with van der Waals surface area (Å²) in [7, 11) is 1.37. The maximum Gasteiger partial charge on any atom is 0.305 e. The van der Waals surface area contributed by atoms with Gasteiger partial charge in [0.05, 0.1) is 20.0 Å². The van der Waals surface area contributed by atoms with Gasteiger partial charge in [-0.2, -0.15) is 0 Å². The van der Waals surface area contributed by atoms with Crippen LogP contribution in [-0.4, -0.2) is 29.6 Å². The SMILES string of the molecule is COc1ccc(CC(=O)NC(C)(CC(=O)O)C(C)C)cc1F. The number of hydrogen-bond acceptors (Lipinski definition) is 3. The first kappa shape index (κ1) is 17.9. The highest BCUT2D eigenvalue weighted by Gasteiger charge is 2.32. The standard InChI is InChI=1S/C16H22FNO4/c1-10(2)16(3,9-15(20)21)18-14(19)8-11-5-6-13(22-4)12(17)7-11/h5-7,10H,8-9H2,1-4H3,(H,18,19)(H,20,21). The number of carboxylic acid groups (broad SMARTS) is 1. The Hall–Kier alpha value is -2.11. The van der Waals surface area contributed by atoms with E-state index >= 15 is 0 Å². The Balaban J connectivity index is 2.79. The van der Waals surface area contributed by atoms with Gasteiger partial charge in [0.25, 0.3) is 0 Å². The molecule has 1 aromatic carbocycles. The molecule has 1 aromatic rings. The molecule has 1 atom stereocenters. The Labute approximate surface area is 129 Å². The fourth-order valence-electron chi connectivity index (χ4n) is 2.07. The number of halogens is 1. The van der Waals surface area contributed by atoms with Crippen molar-refractivity contribution >= 4 is 11.9 Å². The van der Waals surface area contributed by atoms with Crippen molar-refractivity contribution in [1.82, 2.24) is 5.32 Å². The van der Waals surface area contributed by atoms with E-state index < -0.39 is 17.3 Å². The highest BCUT2D eigenvalue weighted by molar-refractivity contribution is 5.80. The second kappa shape index (κ2) is 7.24. The molecule has 0 bridgehead atoms. The van der Waals surface area contributed by atoms with Gasteiger partial charge in [0, 0.05) is 5.54 Å². The van der Waals surface area contributed by atoms with E-state index in [1.54, 1.807) is 13.0 Å². The Morgan fingerprint density at radius 2 is 2.05 bits per heavy atom. The Morgan fingerprint density at radius 1 is 1.41 bits per heavy atom. The highest BCUT2D eigenvalue weighted by atomic mass is 19.1. The molecule has 0 saturated carbocycles. The normalized spacial score (nSPS) is 13.5. The molecule has 2 N–H and O–H groups in total. The molecule has 1 unspecified atom stereocenters. The number of ether oxygens (including phenoxy) is 1. The number of rotatable bonds is 7. The summed E-state index contributed by atoms with van der Waals surface area (Å²) >= 11 is 0. The zero-order chi connectivity index (χ0) is 16.9. The zero-order valence-electron chi connectivity index (χ0n) is 13.3. The monoisotopic (exact) mass is 311 g/mol. The van der Waals surface area contributed by atoms with Crippen molar-refractivity contribution in [2.24, 2.45) is 5.92 Å². The molecule has 0 saturated heterocycles. The fourth-order valence-corrected chi connectivity index (χ4v) is 2.07. The average molecular weight is 311 g/mol. The van der Waals surface area contributed by atoms with Crippen LogP contribution in [0.4, 0.5) is 4.39 Å². The minimum absolute atomic E-state index is 0.0250. The van der Waals surface area contributed by atoms with Gasteiger partial charge in [-0.1, -0.05) is 19.9 Å². The smallest absolute Gasteiger partial charge is 0.305 e. The van der Waals surface area contributed by atoms with Gasteiger partial charge in [-0.25, -0.2) is 4.39 Å². The van der Waals surface area contributed by atoms with Gasteiger partial charge >= 0.3 is 5.97 Å².